The Morgan fingerprint density at radius 2 is 1.69 bits per heavy atom. The number of carbonyl (C=O) groups is 1. The maximum atomic E-state index is 12.3. The summed E-state index contributed by atoms with van der Waals surface area (Å²) >= 11 is 0. The molecule has 1 unspecified atom stereocenters. The van der Waals surface area contributed by atoms with Gasteiger partial charge in [-0.3, -0.25) is 0 Å². The third-order valence-corrected chi connectivity index (χ3v) is 3.60. The molecule has 1 atom stereocenters. The summed E-state index contributed by atoms with van der Waals surface area (Å²) in [5, 5.41) is 21.1. The summed E-state index contributed by atoms with van der Waals surface area (Å²) < 4.78 is 5.36. The average molecular weight is 347 g/mol. The Morgan fingerprint density at radius 3 is 2.31 bits per heavy atom. The van der Waals surface area contributed by atoms with E-state index in [-0.39, 0.29) is 6.04 Å². The summed E-state index contributed by atoms with van der Waals surface area (Å²) in [6.07, 6.45) is -0.0507. The van der Waals surface area contributed by atoms with Gasteiger partial charge in [-0.2, -0.15) is 10.5 Å². The van der Waals surface area contributed by atoms with Crippen molar-refractivity contribution >= 4 is 6.09 Å². The van der Waals surface area contributed by atoms with E-state index in [1.807, 2.05) is 18.2 Å². The molecule has 2 aromatic rings. The number of nitrogens with one attached hydrogen (secondary N) is 1. The van der Waals surface area contributed by atoms with Crippen molar-refractivity contribution < 1.29 is 9.53 Å². The fourth-order valence-electron chi connectivity index (χ4n) is 2.53. The topological polar surface area (TPSA) is 85.9 Å². The highest BCUT2D eigenvalue weighted by Crippen LogP contribution is 2.21. The van der Waals surface area contributed by atoms with Crippen LogP contribution in [-0.2, 0) is 11.2 Å². The van der Waals surface area contributed by atoms with Crippen LogP contribution in [0.1, 0.15) is 49.1 Å². The first-order chi connectivity index (χ1) is 12.3. The van der Waals surface area contributed by atoms with Gasteiger partial charge in [0.05, 0.1) is 29.3 Å². The van der Waals surface area contributed by atoms with Crippen molar-refractivity contribution in [1.29, 1.82) is 10.5 Å². The number of nitrogens with zero attached hydrogens (tertiary/aromatic N) is 2. The zero-order valence-electron chi connectivity index (χ0n) is 15.1. The lowest BCUT2D eigenvalue weighted by Crippen LogP contribution is -2.35. The molecule has 2 rings (SSSR count). The number of alkyl carbamates (subject to hydrolysis) is 1. The molecule has 2 aromatic carbocycles. The van der Waals surface area contributed by atoms with Crippen LogP contribution in [-0.4, -0.2) is 11.7 Å². The molecule has 0 aliphatic rings. The summed E-state index contributed by atoms with van der Waals surface area (Å²) in [5.74, 6) is 0. The first-order valence-corrected chi connectivity index (χ1v) is 8.29. The highest BCUT2D eigenvalue weighted by atomic mass is 16.6. The quantitative estimate of drug-likeness (QED) is 0.896. The van der Waals surface area contributed by atoms with Gasteiger partial charge in [-0.15, -0.1) is 0 Å². The van der Waals surface area contributed by atoms with Crippen LogP contribution in [0.5, 0.6) is 0 Å². The zero-order chi connectivity index (χ0) is 19.2. The van der Waals surface area contributed by atoms with E-state index < -0.39 is 11.7 Å². The third kappa shape index (κ3) is 5.65. The second kappa shape index (κ2) is 8.18. The Labute approximate surface area is 153 Å². The molecule has 26 heavy (non-hydrogen) atoms. The van der Waals surface area contributed by atoms with Crippen molar-refractivity contribution in [2.75, 3.05) is 0 Å². The van der Waals surface area contributed by atoms with Gasteiger partial charge < -0.3 is 10.1 Å². The molecular weight excluding hydrogens is 326 g/mol. The van der Waals surface area contributed by atoms with Crippen LogP contribution in [0, 0.1) is 22.7 Å². The van der Waals surface area contributed by atoms with Gasteiger partial charge in [-0.1, -0.05) is 24.3 Å². The SMILES string of the molecule is CC(C)(C)OC(=O)NC(Cc1cccc(C#N)c1)c1cccc(C#N)c1. The minimum absolute atomic E-state index is 0.382. The molecule has 5 nitrogen and oxygen atoms in total. The summed E-state index contributed by atoms with van der Waals surface area (Å²) in [7, 11) is 0. The Balaban J connectivity index is 2.30. The van der Waals surface area contributed by atoms with E-state index >= 15 is 0 Å². The summed E-state index contributed by atoms with van der Waals surface area (Å²) in [4.78, 5) is 12.3. The zero-order valence-corrected chi connectivity index (χ0v) is 15.1. The first-order valence-electron chi connectivity index (χ1n) is 8.29. The van der Waals surface area contributed by atoms with E-state index in [4.69, 9.17) is 15.3 Å². The van der Waals surface area contributed by atoms with Crippen molar-refractivity contribution in [2.45, 2.75) is 38.8 Å². The van der Waals surface area contributed by atoms with E-state index in [0.29, 0.717) is 17.5 Å². The highest BCUT2D eigenvalue weighted by Gasteiger charge is 2.21. The maximum absolute atomic E-state index is 12.3. The van der Waals surface area contributed by atoms with Crippen molar-refractivity contribution in [2.24, 2.45) is 0 Å². The smallest absolute Gasteiger partial charge is 0.408 e. The summed E-state index contributed by atoms with van der Waals surface area (Å²) in [5.41, 5.74) is 2.18. The van der Waals surface area contributed by atoms with E-state index in [0.717, 1.165) is 11.1 Å². The van der Waals surface area contributed by atoms with E-state index in [2.05, 4.69) is 17.5 Å². The molecule has 0 heterocycles. The van der Waals surface area contributed by atoms with Crippen LogP contribution in [0.3, 0.4) is 0 Å². The molecule has 5 heteroatoms. The van der Waals surface area contributed by atoms with Gasteiger partial charge in [0.25, 0.3) is 0 Å². The van der Waals surface area contributed by atoms with Crippen molar-refractivity contribution in [1.82, 2.24) is 5.32 Å². The van der Waals surface area contributed by atoms with Gasteiger partial charge in [0.15, 0.2) is 0 Å². The van der Waals surface area contributed by atoms with Gasteiger partial charge in [0.2, 0.25) is 0 Å². The lowest BCUT2D eigenvalue weighted by molar-refractivity contribution is 0.0503. The van der Waals surface area contributed by atoms with Gasteiger partial charge >= 0.3 is 6.09 Å². The standard InChI is InChI=1S/C21H21N3O2/c1-21(2,3)26-20(25)24-19(18-9-5-8-17(11-18)14-23)12-15-6-4-7-16(10-15)13-22/h4-11,19H,12H2,1-3H3,(H,24,25). The van der Waals surface area contributed by atoms with Crippen LogP contribution < -0.4 is 5.32 Å². The molecule has 132 valence electrons. The minimum atomic E-state index is -0.607. The number of benzene rings is 2. The summed E-state index contributed by atoms with van der Waals surface area (Å²) in [6, 6.07) is 18.2. The molecule has 0 bridgehead atoms. The van der Waals surface area contributed by atoms with Crippen LogP contribution >= 0.6 is 0 Å². The number of hydrogen-bond acceptors (Lipinski definition) is 4. The normalized spacial score (nSPS) is 11.7. The van der Waals surface area contributed by atoms with Crippen LogP contribution in [0.2, 0.25) is 0 Å². The number of hydrogen-bond donors (Lipinski definition) is 1. The van der Waals surface area contributed by atoms with E-state index in [1.54, 1.807) is 51.1 Å². The molecule has 0 saturated carbocycles. The fourth-order valence-corrected chi connectivity index (χ4v) is 2.53. The predicted molar refractivity (Wildman–Crippen MR) is 98.1 cm³/mol. The first kappa shape index (κ1) is 19.0. The summed E-state index contributed by atoms with van der Waals surface area (Å²) in [6.45, 7) is 5.40. The number of nitriles is 2. The van der Waals surface area contributed by atoms with E-state index in [9.17, 15) is 4.79 Å². The molecule has 1 N–H and O–H groups in total. The highest BCUT2D eigenvalue weighted by molar-refractivity contribution is 5.68. The van der Waals surface area contributed by atoms with Crippen molar-refractivity contribution in [3.63, 3.8) is 0 Å². The molecule has 0 aromatic heterocycles. The van der Waals surface area contributed by atoms with Gasteiger partial charge in [-0.05, 0) is 62.6 Å². The minimum Gasteiger partial charge on any atom is -0.444 e. The van der Waals surface area contributed by atoms with Gasteiger partial charge in [-0.25, -0.2) is 4.79 Å². The second-order valence-corrected chi connectivity index (χ2v) is 6.95. The molecule has 0 aliphatic carbocycles. The maximum Gasteiger partial charge on any atom is 0.408 e. The number of rotatable bonds is 4. The molecule has 0 fully saturated rings. The van der Waals surface area contributed by atoms with Gasteiger partial charge in [0, 0.05) is 0 Å². The molecule has 0 saturated heterocycles. The van der Waals surface area contributed by atoms with Crippen molar-refractivity contribution in [3.8, 4) is 12.1 Å². The van der Waals surface area contributed by atoms with Crippen molar-refractivity contribution in [3.05, 3.63) is 70.8 Å². The number of amides is 1. The second-order valence-electron chi connectivity index (χ2n) is 6.95. The Bertz CT molecular complexity index is 870. The number of ether oxygens (including phenoxy) is 1. The Hall–Kier alpha value is -3.31. The Kier molecular flexibility index (Phi) is 5.98. The fraction of sp³-hybridized carbons (Fsp3) is 0.286. The average Bonchev–Trinajstić information content (AvgIpc) is 2.60. The van der Waals surface area contributed by atoms with Crippen LogP contribution in [0.15, 0.2) is 48.5 Å². The molecular formula is C21H21N3O2. The van der Waals surface area contributed by atoms with E-state index in [1.165, 1.54) is 0 Å². The van der Waals surface area contributed by atoms with Crippen LogP contribution in [0.25, 0.3) is 0 Å². The predicted octanol–water partition coefficient (Wildman–Crippen LogP) is 4.24. The molecule has 0 radical (unpaired) electrons. The largest absolute Gasteiger partial charge is 0.444 e. The monoisotopic (exact) mass is 347 g/mol. The molecule has 0 spiro atoms. The van der Waals surface area contributed by atoms with Crippen LogP contribution in [0.4, 0.5) is 4.79 Å². The third-order valence-electron chi connectivity index (χ3n) is 3.60. The molecule has 1 amide bonds. The lowest BCUT2D eigenvalue weighted by Gasteiger charge is -2.24. The molecule has 0 aliphatic heterocycles. The Morgan fingerprint density at radius 1 is 1.08 bits per heavy atom. The van der Waals surface area contributed by atoms with Gasteiger partial charge in [0.1, 0.15) is 5.60 Å². The lowest BCUT2D eigenvalue weighted by atomic mass is 9.97. The number of carbonyl (C=O) groups excluding carboxylic acids is 1.